The lowest BCUT2D eigenvalue weighted by molar-refractivity contribution is 0.112. The molecule has 1 aromatic heterocycles. The average Bonchev–Trinajstić information content (AvgIpc) is 2.71. The summed E-state index contributed by atoms with van der Waals surface area (Å²) in [5.41, 5.74) is 3.83. The molecule has 1 aliphatic heterocycles. The molecule has 0 unspecified atom stereocenters. The van der Waals surface area contributed by atoms with Crippen molar-refractivity contribution in [3.63, 3.8) is 0 Å². The van der Waals surface area contributed by atoms with Gasteiger partial charge in [0.25, 0.3) is 0 Å². The zero-order valence-corrected chi connectivity index (χ0v) is 17.2. The molecule has 0 bridgehead atoms. The number of fused-ring (bicyclic) bond motifs is 1. The Morgan fingerprint density at radius 3 is 2.38 bits per heavy atom. The molecule has 0 atom stereocenters. The van der Waals surface area contributed by atoms with Crippen molar-refractivity contribution in [3.05, 3.63) is 75.6 Å². The topological polar surface area (TPSA) is 45.9 Å². The van der Waals surface area contributed by atoms with Crippen LogP contribution in [0.25, 0.3) is 11.0 Å². The second-order valence-electron chi connectivity index (χ2n) is 7.80. The van der Waals surface area contributed by atoms with Crippen LogP contribution in [0.5, 0.6) is 5.75 Å². The summed E-state index contributed by atoms with van der Waals surface area (Å²) in [5.74, 6) is 0.923. The van der Waals surface area contributed by atoms with Gasteiger partial charge in [-0.05, 0) is 54.8 Å². The van der Waals surface area contributed by atoms with Crippen LogP contribution in [0.3, 0.4) is 0 Å². The number of para-hydroxylation sites is 1. The highest BCUT2D eigenvalue weighted by Gasteiger charge is 2.18. The molecule has 4 rings (SSSR count). The number of nitrogens with zero attached hydrogens (tertiary/aromatic N) is 2. The summed E-state index contributed by atoms with van der Waals surface area (Å²) >= 11 is 0. The van der Waals surface area contributed by atoms with Crippen molar-refractivity contribution in [2.75, 3.05) is 39.3 Å². The molecule has 0 aliphatic carbocycles. The van der Waals surface area contributed by atoms with Crippen molar-refractivity contribution >= 4 is 11.0 Å². The fourth-order valence-corrected chi connectivity index (χ4v) is 3.83. The maximum Gasteiger partial charge on any atom is 0.336 e. The molecule has 1 fully saturated rings. The molecule has 1 saturated heterocycles. The number of benzene rings is 2. The van der Waals surface area contributed by atoms with Crippen LogP contribution in [0.1, 0.15) is 16.7 Å². The Morgan fingerprint density at radius 1 is 0.931 bits per heavy atom. The van der Waals surface area contributed by atoms with Gasteiger partial charge >= 0.3 is 5.63 Å². The summed E-state index contributed by atoms with van der Waals surface area (Å²) < 4.78 is 11.2. The van der Waals surface area contributed by atoms with E-state index in [1.807, 2.05) is 43.3 Å². The maximum absolute atomic E-state index is 12.0. The van der Waals surface area contributed by atoms with Crippen molar-refractivity contribution in [1.82, 2.24) is 9.80 Å². The van der Waals surface area contributed by atoms with Gasteiger partial charge in [0.15, 0.2) is 0 Å². The molecule has 0 amide bonds. The van der Waals surface area contributed by atoms with Crippen LogP contribution in [0.15, 0.2) is 57.7 Å². The zero-order valence-electron chi connectivity index (χ0n) is 17.2. The number of piperazine rings is 1. The van der Waals surface area contributed by atoms with Crippen molar-refractivity contribution < 1.29 is 9.15 Å². The van der Waals surface area contributed by atoms with E-state index in [1.54, 1.807) is 6.07 Å². The Balaban J connectivity index is 1.34. The van der Waals surface area contributed by atoms with E-state index in [0.29, 0.717) is 12.2 Å². The third-order valence-electron chi connectivity index (χ3n) is 5.72. The summed E-state index contributed by atoms with van der Waals surface area (Å²) in [6.07, 6.45) is 0. The number of aryl methyl sites for hydroxylation is 2. The van der Waals surface area contributed by atoms with Gasteiger partial charge < -0.3 is 9.15 Å². The Bertz CT molecular complexity index is 1020. The molecule has 0 radical (unpaired) electrons. The monoisotopic (exact) mass is 392 g/mol. The van der Waals surface area contributed by atoms with Gasteiger partial charge in [0, 0.05) is 50.7 Å². The Labute approximate surface area is 171 Å². The van der Waals surface area contributed by atoms with Crippen LogP contribution >= 0.6 is 0 Å². The largest absolute Gasteiger partial charge is 0.492 e. The lowest BCUT2D eigenvalue weighted by Crippen LogP contribution is -2.47. The van der Waals surface area contributed by atoms with Gasteiger partial charge in [-0.25, -0.2) is 4.79 Å². The molecule has 29 heavy (non-hydrogen) atoms. The molecule has 0 spiro atoms. The van der Waals surface area contributed by atoms with E-state index in [-0.39, 0.29) is 5.63 Å². The number of hydrogen-bond acceptors (Lipinski definition) is 5. The van der Waals surface area contributed by atoms with Gasteiger partial charge in [-0.3, -0.25) is 9.80 Å². The van der Waals surface area contributed by atoms with Gasteiger partial charge in [-0.1, -0.05) is 18.2 Å². The molecule has 2 heterocycles. The van der Waals surface area contributed by atoms with E-state index in [1.165, 1.54) is 5.56 Å². The summed E-state index contributed by atoms with van der Waals surface area (Å²) in [5, 5.41) is 1.05. The molecule has 3 aromatic rings. The zero-order chi connectivity index (χ0) is 20.2. The van der Waals surface area contributed by atoms with Gasteiger partial charge in [-0.2, -0.15) is 0 Å². The first-order valence-electron chi connectivity index (χ1n) is 10.2. The second kappa shape index (κ2) is 8.80. The average molecular weight is 392 g/mol. The van der Waals surface area contributed by atoms with Crippen LogP contribution in [-0.4, -0.2) is 49.1 Å². The predicted molar refractivity (Wildman–Crippen MR) is 116 cm³/mol. The Kier molecular flexibility index (Phi) is 5.97. The lowest BCUT2D eigenvalue weighted by atomic mass is 10.0. The number of rotatable bonds is 6. The van der Waals surface area contributed by atoms with E-state index in [4.69, 9.17) is 9.15 Å². The number of hydrogen-bond donors (Lipinski definition) is 0. The molecule has 5 heteroatoms. The lowest BCUT2D eigenvalue weighted by Gasteiger charge is -2.34. The molecule has 5 nitrogen and oxygen atoms in total. The third kappa shape index (κ3) is 4.86. The summed E-state index contributed by atoms with van der Waals surface area (Å²) in [4.78, 5) is 16.9. The van der Waals surface area contributed by atoms with Gasteiger partial charge in [0.05, 0.1) is 0 Å². The predicted octanol–water partition coefficient (Wildman–Crippen LogP) is 3.61. The first-order valence-corrected chi connectivity index (χ1v) is 10.2. The quantitative estimate of drug-likeness (QED) is 0.600. The van der Waals surface area contributed by atoms with Crippen LogP contribution in [-0.2, 0) is 6.54 Å². The van der Waals surface area contributed by atoms with E-state index in [9.17, 15) is 4.79 Å². The Morgan fingerprint density at radius 2 is 1.62 bits per heavy atom. The normalized spacial score (nSPS) is 15.7. The molecule has 1 aliphatic rings. The number of ether oxygens (including phenoxy) is 1. The third-order valence-corrected chi connectivity index (χ3v) is 5.72. The minimum Gasteiger partial charge on any atom is -0.492 e. The maximum atomic E-state index is 12.0. The highest BCUT2D eigenvalue weighted by molar-refractivity contribution is 5.81. The second-order valence-corrected chi connectivity index (χ2v) is 7.80. The highest BCUT2D eigenvalue weighted by atomic mass is 16.5. The molecular formula is C24H28N2O3. The molecule has 0 N–H and O–H groups in total. The van der Waals surface area contributed by atoms with Crippen LogP contribution < -0.4 is 10.4 Å². The van der Waals surface area contributed by atoms with Crippen molar-refractivity contribution in [1.29, 1.82) is 0 Å². The minimum atomic E-state index is -0.271. The van der Waals surface area contributed by atoms with Crippen molar-refractivity contribution in [2.24, 2.45) is 0 Å². The molecular weight excluding hydrogens is 364 g/mol. The first kappa shape index (κ1) is 19.7. The molecule has 0 saturated carbocycles. The molecule has 152 valence electrons. The van der Waals surface area contributed by atoms with E-state index in [0.717, 1.165) is 61.5 Å². The fraction of sp³-hybridized carbons (Fsp3) is 0.375. The van der Waals surface area contributed by atoms with E-state index < -0.39 is 0 Å². The van der Waals surface area contributed by atoms with E-state index in [2.05, 4.69) is 22.8 Å². The molecule has 2 aromatic carbocycles. The van der Waals surface area contributed by atoms with Gasteiger partial charge in [-0.15, -0.1) is 0 Å². The highest BCUT2D eigenvalue weighted by Crippen LogP contribution is 2.23. The fourth-order valence-electron chi connectivity index (χ4n) is 3.83. The van der Waals surface area contributed by atoms with Crippen LogP contribution in [0.2, 0.25) is 0 Å². The van der Waals surface area contributed by atoms with Gasteiger partial charge in [0.2, 0.25) is 0 Å². The van der Waals surface area contributed by atoms with Crippen molar-refractivity contribution in [2.45, 2.75) is 20.4 Å². The summed E-state index contributed by atoms with van der Waals surface area (Å²) in [6, 6.07) is 15.7. The smallest absolute Gasteiger partial charge is 0.336 e. The summed E-state index contributed by atoms with van der Waals surface area (Å²) in [7, 11) is 0. The minimum absolute atomic E-state index is 0.271. The standard InChI is InChI=1S/C24H28N2O3/c1-18-14-22-20(16-24(27)29-23(22)15-19(18)2)17-26-10-8-25(9-11-26)12-13-28-21-6-4-3-5-7-21/h3-7,14-16H,8-13,17H2,1-2H3. The van der Waals surface area contributed by atoms with E-state index >= 15 is 0 Å². The van der Waals surface area contributed by atoms with Crippen molar-refractivity contribution in [3.8, 4) is 5.75 Å². The first-order chi connectivity index (χ1) is 14.1. The van der Waals surface area contributed by atoms with Crippen LogP contribution in [0.4, 0.5) is 0 Å². The SMILES string of the molecule is Cc1cc2oc(=O)cc(CN3CCN(CCOc4ccccc4)CC3)c2cc1C. The summed E-state index contributed by atoms with van der Waals surface area (Å²) in [6.45, 7) is 10.5. The Hall–Kier alpha value is -2.63. The van der Waals surface area contributed by atoms with Gasteiger partial charge in [0.1, 0.15) is 17.9 Å². The van der Waals surface area contributed by atoms with Crippen LogP contribution in [0, 0.1) is 13.8 Å².